The summed E-state index contributed by atoms with van der Waals surface area (Å²) < 4.78 is 45.1. The van der Waals surface area contributed by atoms with Crippen LogP contribution in [-0.4, -0.2) is 15.5 Å². The van der Waals surface area contributed by atoms with Crippen molar-refractivity contribution < 1.29 is 17.5 Å². The van der Waals surface area contributed by atoms with Crippen LogP contribution in [0.1, 0.15) is 0 Å². The van der Waals surface area contributed by atoms with E-state index in [4.69, 9.17) is 16.3 Å². The summed E-state index contributed by atoms with van der Waals surface area (Å²) in [5, 5.41) is 0.364. The Morgan fingerprint density at radius 2 is 1.95 bits per heavy atom. The van der Waals surface area contributed by atoms with Gasteiger partial charge in [0, 0.05) is 10.5 Å². The molecular formula is C13H10BrClFNO3S. The lowest BCUT2D eigenvalue weighted by Gasteiger charge is -2.11. The SMILES string of the molecule is COc1cc(NS(=O)(=O)c2ccc(F)cc2Br)ccc1Cl. The normalized spacial score (nSPS) is 11.2. The molecule has 0 fully saturated rings. The molecule has 0 heterocycles. The van der Waals surface area contributed by atoms with Crippen LogP contribution in [0.25, 0.3) is 0 Å². The van der Waals surface area contributed by atoms with Crippen molar-refractivity contribution in [2.45, 2.75) is 4.90 Å². The van der Waals surface area contributed by atoms with Crippen LogP contribution in [0.4, 0.5) is 10.1 Å². The zero-order chi connectivity index (χ0) is 15.6. The first-order valence-corrected chi connectivity index (χ1v) is 8.30. The quantitative estimate of drug-likeness (QED) is 0.851. The van der Waals surface area contributed by atoms with Gasteiger partial charge in [-0.05, 0) is 46.3 Å². The molecule has 0 spiro atoms. The highest BCUT2D eigenvalue weighted by Crippen LogP contribution is 2.30. The first-order valence-electron chi connectivity index (χ1n) is 5.65. The van der Waals surface area contributed by atoms with Gasteiger partial charge in [-0.1, -0.05) is 11.6 Å². The molecule has 1 N–H and O–H groups in total. The third-order valence-corrected chi connectivity index (χ3v) is 5.26. The molecule has 0 aromatic heterocycles. The minimum atomic E-state index is -3.86. The van der Waals surface area contributed by atoms with Crippen LogP contribution in [0.2, 0.25) is 5.02 Å². The van der Waals surface area contributed by atoms with Gasteiger partial charge in [-0.3, -0.25) is 4.72 Å². The van der Waals surface area contributed by atoms with Crippen molar-refractivity contribution >= 4 is 43.2 Å². The van der Waals surface area contributed by atoms with Gasteiger partial charge in [0.15, 0.2) is 0 Å². The monoisotopic (exact) mass is 393 g/mol. The van der Waals surface area contributed by atoms with E-state index in [1.165, 1.54) is 31.4 Å². The van der Waals surface area contributed by atoms with E-state index in [-0.39, 0.29) is 15.1 Å². The minimum absolute atomic E-state index is 0.0715. The molecule has 2 aromatic rings. The zero-order valence-corrected chi connectivity index (χ0v) is 13.9. The Bertz CT molecular complexity index is 783. The number of methoxy groups -OCH3 is 1. The smallest absolute Gasteiger partial charge is 0.263 e. The first-order chi connectivity index (χ1) is 9.83. The molecule has 0 saturated heterocycles. The zero-order valence-electron chi connectivity index (χ0n) is 10.7. The number of sulfonamides is 1. The summed E-state index contributed by atoms with van der Waals surface area (Å²) in [4.78, 5) is -0.0715. The van der Waals surface area contributed by atoms with Crippen molar-refractivity contribution in [1.82, 2.24) is 0 Å². The molecule has 0 aliphatic carbocycles. The molecule has 0 saturated carbocycles. The van der Waals surface area contributed by atoms with Crippen molar-refractivity contribution in [2.24, 2.45) is 0 Å². The second-order valence-electron chi connectivity index (χ2n) is 4.03. The largest absolute Gasteiger partial charge is 0.495 e. The Balaban J connectivity index is 2.37. The molecule has 0 atom stereocenters. The fourth-order valence-electron chi connectivity index (χ4n) is 1.63. The van der Waals surface area contributed by atoms with Crippen molar-refractivity contribution in [3.63, 3.8) is 0 Å². The average molecular weight is 395 g/mol. The number of anilines is 1. The van der Waals surface area contributed by atoms with Crippen molar-refractivity contribution in [3.8, 4) is 5.75 Å². The summed E-state index contributed by atoms with van der Waals surface area (Å²) in [7, 11) is -2.43. The van der Waals surface area contributed by atoms with Gasteiger partial charge in [0.2, 0.25) is 0 Å². The lowest BCUT2D eigenvalue weighted by molar-refractivity contribution is 0.415. The summed E-state index contributed by atoms with van der Waals surface area (Å²) in [5.74, 6) is -0.191. The molecule has 0 aliphatic rings. The van der Waals surface area contributed by atoms with Crippen LogP contribution >= 0.6 is 27.5 Å². The van der Waals surface area contributed by atoms with Crippen LogP contribution in [0.15, 0.2) is 45.8 Å². The van der Waals surface area contributed by atoms with E-state index in [0.29, 0.717) is 10.8 Å². The van der Waals surface area contributed by atoms with E-state index in [1.54, 1.807) is 0 Å². The minimum Gasteiger partial charge on any atom is -0.495 e. The first kappa shape index (κ1) is 16.1. The molecule has 4 nitrogen and oxygen atoms in total. The molecule has 21 heavy (non-hydrogen) atoms. The summed E-state index contributed by atoms with van der Waals surface area (Å²) in [6, 6.07) is 7.79. The summed E-state index contributed by atoms with van der Waals surface area (Å²) in [6.45, 7) is 0. The Labute approximate surface area is 135 Å². The highest BCUT2D eigenvalue weighted by Gasteiger charge is 2.18. The summed E-state index contributed by atoms with van der Waals surface area (Å²) in [5.41, 5.74) is 0.285. The third kappa shape index (κ3) is 3.66. The van der Waals surface area contributed by atoms with E-state index >= 15 is 0 Å². The van der Waals surface area contributed by atoms with E-state index in [9.17, 15) is 12.8 Å². The van der Waals surface area contributed by atoms with Gasteiger partial charge in [-0.2, -0.15) is 0 Å². The van der Waals surface area contributed by atoms with E-state index in [0.717, 1.165) is 12.1 Å². The molecule has 0 aliphatic heterocycles. The second-order valence-corrected chi connectivity index (χ2v) is 6.94. The van der Waals surface area contributed by atoms with Gasteiger partial charge < -0.3 is 4.74 Å². The highest BCUT2D eigenvalue weighted by atomic mass is 79.9. The number of halogens is 3. The topological polar surface area (TPSA) is 55.4 Å². The highest BCUT2D eigenvalue weighted by molar-refractivity contribution is 9.10. The lowest BCUT2D eigenvalue weighted by atomic mass is 10.3. The van der Waals surface area contributed by atoms with Gasteiger partial charge >= 0.3 is 0 Å². The predicted octanol–water partition coefficient (Wildman–Crippen LogP) is 4.05. The van der Waals surface area contributed by atoms with E-state index < -0.39 is 15.8 Å². The fourth-order valence-corrected chi connectivity index (χ4v) is 3.92. The Morgan fingerprint density at radius 1 is 1.24 bits per heavy atom. The van der Waals surface area contributed by atoms with Gasteiger partial charge in [0.1, 0.15) is 16.5 Å². The number of benzene rings is 2. The summed E-state index contributed by atoms with van der Waals surface area (Å²) in [6.07, 6.45) is 0. The maximum atomic E-state index is 13.0. The molecule has 0 unspecified atom stereocenters. The predicted molar refractivity (Wildman–Crippen MR) is 82.9 cm³/mol. The number of hydrogen-bond donors (Lipinski definition) is 1. The number of nitrogens with one attached hydrogen (secondary N) is 1. The maximum absolute atomic E-state index is 13.0. The maximum Gasteiger partial charge on any atom is 0.263 e. The van der Waals surface area contributed by atoms with Crippen LogP contribution in [-0.2, 0) is 10.0 Å². The third-order valence-electron chi connectivity index (χ3n) is 2.59. The number of hydrogen-bond acceptors (Lipinski definition) is 3. The molecule has 112 valence electrons. The van der Waals surface area contributed by atoms with Crippen LogP contribution < -0.4 is 9.46 Å². The number of rotatable bonds is 4. The molecule has 0 bridgehead atoms. The fraction of sp³-hybridized carbons (Fsp3) is 0.0769. The van der Waals surface area contributed by atoms with Crippen LogP contribution in [0.5, 0.6) is 5.75 Å². The van der Waals surface area contributed by atoms with Crippen molar-refractivity contribution in [3.05, 3.63) is 51.7 Å². The second kappa shape index (κ2) is 6.21. The molecule has 2 aromatic carbocycles. The van der Waals surface area contributed by atoms with Crippen LogP contribution in [0.3, 0.4) is 0 Å². The molecular weight excluding hydrogens is 385 g/mol. The van der Waals surface area contributed by atoms with E-state index in [2.05, 4.69) is 20.7 Å². The molecule has 0 amide bonds. The van der Waals surface area contributed by atoms with Gasteiger partial charge in [0.25, 0.3) is 10.0 Å². The molecule has 8 heteroatoms. The Kier molecular flexibility index (Phi) is 4.75. The van der Waals surface area contributed by atoms with Crippen LogP contribution in [0, 0.1) is 5.82 Å². The van der Waals surface area contributed by atoms with Gasteiger partial charge in [0.05, 0.1) is 17.8 Å². The number of ether oxygens (including phenoxy) is 1. The molecule has 2 rings (SSSR count). The molecule has 0 radical (unpaired) electrons. The Hall–Kier alpha value is -1.31. The van der Waals surface area contributed by atoms with Gasteiger partial charge in [-0.25, -0.2) is 12.8 Å². The standard InChI is InChI=1S/C13H10BrClFNO3S/c1-20-12-7-9(3-4-11(12)15)17-21(18,19)13-5-2-8(16)6-10(13)14/h2-7,17H,1H3. The Morgan fingerprint density at radius 3 is 2.57 bits per heavy atom. The van der Waals surface area contributed by atoms with Crippen molar-refractivity contribution in [2.75, 3.05) is 11.8 Å². The summed E-state index contributed by atoms with van der Waals surface area (Å²) >= 11 is 8.91. The average Bonchev–Trinajstić information content (AvgIpc) is 2.40. The van der Waals surface area contributed by atoms with E-state index in [1.807, 2.05) is 0 Å². The van der Waals surface area contributed by atoms with Gasteiger partial charge in [-0.15, -0.1) is 0 Å². The lowest BCUT2D eigenvalue weighted by Crippen LogP contribution is -2.13. The van der Waals surface area contributed by atoms with Crippen molar-refractivity contribution in [1.29, 1.82) is 0 Å².